The van der Waals surface area contributed by atoms with Crippen LogP contribution < -0.4 is 5.32 Å². The van der Waals surface area contributed by atoms with Crippen molar-refractivity contribution >= 4 is 5.91 Å². The first-order valence-corrected chi connectivity index (χ1v) is 8.41. The van der Waals surface area contributed by atoms with Gasteiger partial charge in [0, 0.05) is 12.6 Å². The number of rotatable bonds is 5. The summed E-state index contributed by atoms with van der Waals surface area (Å²) < 4.78 is 5.40. The molecule has 3 N–H and O–H groups in total. The van der Waals surface area contributed by atoms with Crippen molar-refractivity contribution in [2.45, 2.75) is 26.7 Å². The molecular formula is C17H20N6O4. The zero-order chi connectivity index (χ0) is 19.7. The number of aromatic nitrogens is 5. The van der Waals surface area contributed by atoms with Crippen molar-refractivity contribution in [3.63, 3.8) is 0 Å². The van der Waals surface area contributed by atoms with E-state index in [0.717, 1.165) is 0 Å². The lowest BCUT2D eigenvalue weighted by atomic mass is 9.96. The predicted octanol–water partition coefficient (Wildman–Crippen LogP) is 1.82. The Morgan fingerprint density at radius 3 is 2.63 bits per heavy atom. The summed E-state index contributed by atoms with van der Waals surface area (Å²) in [6, 6.07) is 2.82. The lowest BCUT2D eigenvalue weighted by Crippen LogP contribution is -2.23. The second-order valence-corrected chi connectivity index (χ2v) is 6.28. The molecule has 0 aliphatic rings. The van der Waals surface area contributed by atoms with E-state index in [1.54, 1.807) is 20.0 Å². The van der Waals surface area contributed by atoms with Crippen LogP contribution in [0.15, 0.2) is 16.7 Å². The fraction of sp³-hybridized carbons (Fsp3) is 0.353. The summed E-state index contributed by atoms with van der Waals surface area (Å²) in [6.45, 7) is 5.99. The van der Waals surface area contributed by atoms with E-state index in [9.17, 15) is 15.0 Å². The first kappa shape index (κ1) is 18.4. The van der Waals surface area contributed by atoms with Crippen LogP contribution in [0.4, 0.5) is 0 Å². The van der Waals surface area contributed by atoms with Gasteiger partial charge in [0.25, 0.3) is 5.91 Å². The lowest BCUT2D eigenvalue weighted by molar-refractivity contribution is 0.0947. The average molecular weight is 372 g/mol. The summed E-state index contributed by atoms with van der Waals surface area (Å²) in [5.41, 5.74) is 1.07. The zero-order valence-electron chi connectivity index (χ0n) is 15.4. The Labute approximate surface area is 154 Å². The van der Waals surface area contributed by atoms with E-state index >= 15 is 0 Å². The Morgan fingerprint density at radius 1 is 1.30 bits per heavy atom. The number of amides is 1. The third kappa shape index (κ3) is 3.33. The summed E-state index contributed by atoms with van der Waals surface area (Å²) in [4.78, 5) is 13.6. The monoisotopic (exact) mass is 372 g/mol. The van der Waals surface area contributed by atoms with Crippen molar-refractivity contribution in [2.24, 2.45) is 7.05 Å². The van der Waals surface area contributed by atoms with Gasteiger partial charge in [-0.25, -0.2) is 0 Å². The summed E-state index contributed by atoms with van der Waals surface area (Å²) in [6.07, 6.45) is 0. The van der Waals surface area contributed by atoms with Crippen LogP contribution in [0.25, 0.3) is 22.7 Å². The number of hydrogen-bond donors (Lipinski definition) is 3. The molecule has 0 saturated carbocycles. The number of tetrazole rings is 1. The second-order valence-electron chi connectivity index (χ2n) is 6.28. The molecule has 0 aliphatic carbocycles. The molecule has 0 radical (unpaired) electrons. The fourth-order valence-corrected chi connectivity index (χ4v) is 2.70. The number of benzene rings is 1. The third-order valence-corrected chi connectivity index (χ3v) is 3.99. The van der Waals surface area contributed by atoms with E-state index in [-0.39, 0.29) is 45.8 Å². The van der Waals surface area contributed by atoms with Gasteiger partial charge in [-0.1, -0.05) is 19.0 Å². The molecule has 2 heterocycles. The first-order valence-electron chi connectivity index (χ1n) is 8.41. The molecule has 10 heteroatoms. The summed E-state index contributed by atoms with van der Waals surface area (Å²) in [5, 5.41) is 38.8. The Balaban J connectivity index is 2.25. The molecular weight excluding hydrogens is 352 g/mol. The van der Waals surface area contributed by atoms with Gasteiger partial charge in [-0.15, -0.1) is 10.2 Å². The molecule has 10 nitrogen and oxygen atoms in total. The third-order valence-electron chi connectivity index (χ3n) is 3.99. The number of aryl methyl sites for hydroxylation is 1. The van der Waals surface area contributed by atoms with Crippen LogP contribution in [0.2, 0.25) is 0 Å². The van der Waals surface area contributed by atoms with Gasteiger partial charge in [-0.05, 0) is 29.7 Å². The molecule has 0 aliphatic heterocycles. The minimum absolute atomic E-state index is 0.00627. The number of carbonyl (C=O) groups is 1. The number of aromatic hydroxyl groups is 2. The van der Waals surface area contributed by atoms with Gasteiger partial charge in [0.1, 0.15) is 17.1 Å². The van der Waals surface area contributed by atoms with Crippen molar-refractivity contribution in [1.29, 1.82) is 0 Å². The average Bonchev–Trinajstić information content (AvgIpc) is 3.20. The van der Waals surface area contributed by atoms with E-state index in [1.165, 1.54) is 10.9 Å². The van der Waals surface area contributed by atoms with E-state index in [0.29, 0.717) is 12.1 Å². The number of nitrogens with one attached hydrogen (secondary N) is 1. The topological polar surface area (TPSA) is 139 Å². The van der Waals surface area contributed by atoms with Gasteiger partial charge in [0.05, 0.1) is 12.6 Å². The quantitative estimate of drug-likeness (QED) is 0.616. The van der Waals surface area contributed by atoms with E-state index in [4.69, 9.17) is 4.52 Å². The van der Waals surface area contributed by atoms with E-state index in [1.807, 2.05) is 13.8 Å². The highest BCUT2D eigenvalue weighted by atomic mass is 16.5. The first-order chi connectivity index (χ1) is 12.8. The van der Waals surface area contributed by atoms with Crippen LogP contribution in [0.1, 0.15) is 42.7 Å². The maximum absolute atomic E-state index is 12.4. The molecule has 3 aromatic rings. The molecule has 1 amide bonds. The predicted molar refractivity (Wildman–Crippen MR) is 95.2 cm³/mol. The van der Waals surface area contributed by atoms with Gasteiger partial charge >= 0.3 is 0 Å². The lowest BCUT2D eigenvalue weighted by Gasteiger charge is -2.11. The van der Waals surface area contributed by atoms with Crippen LogP contribution in [-0.2, 0) is 7.05 Å². The van der Waals surface area contributed by atoms with Crippen LogP contribution in [0.5, 0.6) is 11.5 Å². The minimum atomic E-state index is -0.461. The highest BCUT2D eigenvalue weighted by Gasteiger charge is 2.29. The van der Waals surface area contributed by atoms with E-state index < -0.39 is 5.91 Å². The van der Waals surface area contributed by atoms with Gasteiger partial charge in [-0.2, -0.15) is 4.80 Å². The van der Waals surface area contributed by atoms with Crippen molar-refractivity contribution in [3.8, 4) is 34.2 Å². The maximum Gasteiger partial charge on any atom is 0.274 e. The Morgan fingerprint density at radius 2 is 2.04 bits per heavy atom. The largest absolute Gasteiger partial charge is 0.508 e. The Hall–Kier alpha value is -3.43. The highest BCUT2D eigenvalue weighted by molar-refractivity contribution is 6.01. The normalized spacial score (nSPS) is 11.1. The van der Waals surface area contributed by atoms with E-state index in [2.05, 4.69) is 25.9 Å². The molecule has 0 bridgehead atoms. The van der Waals surface area contributed by atoms with Gasteiger partial charge < -0.3 is 20.1 Å². The van der Waals surface area contributed by atoms with Crippen molar-refractivity contribution in [3.05, 3.63) is 23.4 Å². The standard InChI is InChI=1S/C17H20N6O4/c1-5-18-17(26)14-13(16-19-22-23(4)20-16)15(27-21-14)10-6-9(8(2)3)11(24)7-12(10)25/h6-8,24-25H,5H2,1-4H3,(H,18,26). The summed E-state index contributed by atoms with van der Waals surface area (Å²) >= 11 is 0. The molecule has 3 rings (SSSR count). The summed E-state index contributed by atoms with van der Waals surface area (Å²) in [5.74, 6) is -0.475. The molecule has 0 spiro atoms. The maximum atomic E-state index is 12.4. The van der Waals surface area contributed by atoms with Crippen molar-refractivity contribution in [2.75, 3.05) is 6.54 Å². The molecule has 0 unspecified atom stereocenters. The highest BCUT2D eigenvalue weighted by Crippen LogP contribution is 2.42. The second kappa shape index (κ2) is 7.06. The van der Waals surface area contributed by atoms with Gasteiger partial charge in [0.2, 0.25) is 5.82 Å². The minimum Gasteiger partial charge on any atom is -0.508 e. The van der Waals surface area contributed by atoms with Gasteiger partial charge in [-0.3, -0.25) is 4.79 Å². The van der Waals surface area contributed by atoms with Crippen LogP contribution in [0.3, 0.4) is 0 Å². The van der Waals surface area contributed by atoms with Gasteiger partial charge in [0.15, 0.2) is 11.5 Å². The molecule has 142 valence electrons. The number of nitrogens with zero attached hydrogens (tertiary/aromatic N) is 5. The van der Waals surface area contributed by atoms with Crippen LogP contribution in [-0.4, -0.2) is 48.0 Å². The molecule has 0 saturated heterocycles. The van der Waals surface area contributed by atoms with Crippen molar-refractivity contribution in [1.82, 2.24) is 30.7 Å². The smallest absolute Gasteiger partial charge is 0.274 e. The number of carbonyl (C=O) groups excluding carboxylic acids is 1. The number of phenolic OH excluding ortho intramolecular Hbond substituents is 2. The molecule has 0 atom stereocenters. The van der Waals surface area contributed by atoms with Crippen LogP contribution in [0, 0.1) is 0 Å². The van der Waals surface area contributed by atoms with Crippen molar-refractivity contribution < 1.29 is 19.5 Å². The SMILES string of the molecule is CCNC(=O)c1noc(-c2cc(C(C)C)c(O)cc2O)c1-c1nnn(C)n1. The Kier molecular flexibility index (Phi) is 4.80. The zero-order valence-corrected chi connectivity index (χ0v) is 15.4. The molecule has 1 aromatic carbocycles. The molecule has 27 heavy (non-hydrogen) atoms. The Bertz CT molecular complexity index is 991. The fourth-order valence-electron chi connectivity index (χ4n) is 2.70. The number of phenols is 2. The molecule has 0 fully saturated rings. The number of hydrogen-bond acceptors (Lipinski definition) is 8. The molecule has 2 aromatic heterocycles. The van der Waals surface area contributed by atoms with Crippen LogP contribution >= 0.6 is 0 Å². The summed E-state index contributed by atoms with van der Waals surface area (Å²) in [7, 11) is 1.59.